The first-order valence-electron chi connectivity index (χ1n) is 7.46. The number of nitrogens with zero attached hydrogens (tertiary/aromatic N) is 7. The summed E-state index contributed by atoms with van der Waals surface area (Å²) < 4.78 is 0. The molecule has 2 N–H and O–H groups in total. The number of rotatable bonds is 4. The van der Waals surface area contributed by atoms with E-state index in [1.165, 1.54) is 6.20 Å². The van der Waals surface area contributed by atoms with Crippen molar-refractivity contribution >= 4 is 33.9 Å². The van der Waals surface area contributed by atoms with Gasteiger partial charge >= 0.3 is 0 Å². The summed E-state index contributed by atoms with van der Waals surface area (Å²) in [5.74, 6) is 0.217. The van der Waals surface area contributed by atoms with Gasteiger partial charge in [0.2, 0.25) is 5.82 Å². The first-order valence-corrected chi connectivity index (χ1v) is 7.84. The number of halogens is 1. The molecule has 0 unspecified atom stereocenters. The van der Waals surface area contributed by atoms with Crippen molar-refractivity contribution in [3.63, 3.8) is 0 Å². The molecule has 0 amide bonds. The lowest BCUT2D eigenvalue weighted by Crippen LogP contribution is -1.97. The molecule has 0 spiro atoms. The fraction of sp³-hybridized carbons (Fsp3) is 0. The number of fused-ring (bicyclic) bond motifs is 1. The van der Waals surface area contributed by atoms with Gasteiger partial charge in [-0.05, 0) is 47.7 Å². The van der Waals surface area contributed by atoms with Crippen molar-refractivity contribution in [1.82, 2.24) is 35.6 Å². The zero-order chi connectivity index (χ0) is 17.9. The third kappa shape index (κ3) is 3.09. The average molecular weight is 364 g/mol. The van der Waals surface area contributed by atoms with Gasteiger partial charge in [0.15, 0.2) is 0 Å². The molecule has 126 valence electrons. The van der Waals surface area contributed by atoms with Gasteiger partial charge < -0.3 is 5.32 Å². The lowest BCUT2D eigenvalue weighted by Gasteiger charge is -2.00. The summed E-state index contributed by atoms with van der Waals surface area (Å²) in [7, 11) is 0. The minimum absolute atomic E-state index is 0.217. The van der Waals surface area contributed by atoms with E-state index < -0.39 is 0 Å². The Hall–Kier alpha value is -3.77. The number of nitrogens with one attached hydrogen (secondary N) is 2. The molecule has 2 aromatic heterocycles. The zero-order valence-electron chi connectivity index (χ0n) is 13.1. The highest BCUT2D eigenvalue weighted by Crippen LogP contribution is 2.19. The Kier molecular flexibility index (Phi) is 4.01. The third-order valence-corrected chi connectivity index (χ3v) is 3.78. The van der Waals surface area contributed by atoms with Crippen molar-refractivity contribution in [2.75, 3.05) is 5.32 Å². The highest BCUT2D eigenvalue weighted by Gasteiger charge is 2.07. The number of anilines is 1. The third-order valence-electron chi connectivity index (χ3n) is 3.53. The first-order chi connectivity index (χ1) is 12.7. The average Bonchev–Trinajstić information content (AvgIpc) is 3.32. The van der Waals surface area contributed by atoms with Gasteiger partial charge in [-0.25, -0.2) is 0 Å². The fourth-order valence-electron chi connectivity index (χ4n) is 2.27. The number of benzene rings is 2. The summed E-state index contributed by atoms with van der Waals surface area (Å²) in [6, 6.07) is 14.8. The van der Waals surface area contributed by atoms with Crippen LogP contribution < -0.4 is 5.32 Å². The number of nitriles is 1. The van der Waals surface area contributed by atoms with Crippen LogP contribution in [0.25, 0.3) is 22.3 Å². The Bertz CT molecular complexity index is 1120. The number of aromatic amines is 1. The molecule has 4 aromatic rings. The second kappa shape index (κ2) is 6.62. The summed E-state index contributed by atoms with van der Waals surface area (Å²) in [4.78, 5) is 1.54. The zero-order valence-corrected chi connectivity index (χ0v) is 13.9. The normalized spacial score (nSPS) is 11.5. The van der Waals surface area contributed by atoms with Crippen LogP contribution in [0.4, 0.5) is 5.69 Å². The molecule has 0 aliphatic heterocycles. The second-order valence-electron chi connectivity index (χ2n) is 5.22. The van der Waals surface area contributed by atoms with Gasteiger partial charge in [-0.2, -0.15) is 15.3 Å². The molecule has 0 aliphatic carbocycles. The minimum atomic E-state index is 0.217. The smallest absolute Gasteiger partial charge is 0.216 e. The highest BCUT2D eigenvalue weighted by molar-refractivity contribution is 6.30. The van der Waals surface area contributed by atoms with E-state index in [1.807, 2.05) is 36.4 Å². The molecule has 0 atom stereocenters. The molecule has 26 heavy (non-hydrogen) atoms. The molecule has 0 fully saturated rings. The SMILES string of the molecule is N#CC(=CNc1ccc2nn(-c3ccc(Cl)cc3)nc2c1)c1nn[nH]n1. The van der Waals surface area contributed by atoms with Crippen molar-refractivity contribution in [3.05, 3.63) is 59.5 Å². The van der Waals surface area contributed by atoms with Crippen LogP contribution in [0.2, 0.25) is 5.02 Å². The monoisotopic (exact) mass is 363 g/mol. The van der Waals surface area contributed by atoms with E-state index in [9.17, 15) is 5.26 Å². The van der Waals surface area contributed by atoms with Crippen molar-refractivity contribution in [3.8, 4) is 11.8 Å². The standard InChI is InChI=1S/C16H10ClN9/c17-11-1-4-13(5-2-11)26-22-14-6-3-12(7-15(14)23-26)19-9-10(8-18)16-20-24-25-21-16/h1-7,9,19H,(H,20,21,24,25). The molecule has 0 aliphatic rings. The Labute approximate surface area is 151 Å². The van der Waals surface area contributed by atoms with Gasteiger partial charge in [0.05, 0.1) is 5.69 Å². The molecule has 2 heterocycles. The summed E-state index contributed by atoms with van der Waals surface area (Å²) in [5, 5.41) is 35.1. The van der Waals surface area contributed by atoms with E-state index >= 15 is 0 Å². The predicted molar refractivity (Wildman–Crippen MR) is 95.3 cm³/mol. The van der Waals surface area contributed by atoms with Crippen LogP contribution in [0.1, 0.15) is 5.82 Å². The van der Waals surface area contributed by atoms with E-state index in [1.54, 1.807) is 16.9 Å². The van der Waals surface area contributed by atoms with Crippen molar-refractivity contribution in [1.29, 1.82) is 5.26 Å². The van der Waals surface area contributed by atoms with Crippen LogP contribution in [0.15, 0.2) is 48.7 Å². The van der Waals surface area contributed by atoms with E-state index in [4.69, 9.17) is 11.6 Å². The molecule has 4 rings (SSSR count). The molecular weight excluding hydrogens is 354 g/mol. The Balaban J connectivity index is 1.62. The fourth-order valence-corrected chi connectivity index (χ4v) is 2.40. The van der Waals surface area contributed by atoms with Crippen LogP contribution >= 0.6 is 11.6 Å². The molecular formula is C16H10ClN9. The molecule has 10 heteroatoms. The first kappa shape index (κ1) is 15.7. The lowest BCUT2D eigenvalue weighted by molar-refractivity contribution is 0.766. The number of hydrogen-bond donors (Lipinski definition) is 2. The van der Waals surface area contributed by atoms with Crippen LogP contribution in [0, 0.1) is 11.3 Å². The Morgan fingerprint density at radius 1 is 1.15 bits per heavy atom. The van der Waals surface area contributed by atoms with E-state index in [2.05, 4.69) is 36.1 Å². The van der Waals surface area contributed by atoms with E-state index in [-0.39, 0.29) is 11.4 Å². The summed E-state index contributed by atoms with van der Waals surface area (Å²) in [6.45, 7) is 0. The maximum Gasteiger partial charge on any atom is 0.216 e. The van der Waals surface area contributed by atoms with Crippen molar-refractivity contribution in [2.24, 2.45) is 0 Å². The largest absolute Gasteiger partial charge is 0.360 e. The van der Waals surface area contributed by atoms with E-state index in [0.717, 1.165) is 16.9 Å². The van der Waals surface area contributed by atoms with Gasteiger partial charge in [-0.1, -0.05) is 11.6 Å². The minimum Gasteiger partial charge on any atom is -0.360 e. The van der Waals surface area contributed by atoms with Gasteiger partial charge in [0.1, 0.15) is 22.7 Å². The van der Waals surface area contributed by atoms with Crippen LogP contribution in [0.5, 0.6) is 0 Å². The number of allylic oxidation sites excluding steroid dienone is 1. The van der Waals surface area contributed by atoms with E-state index in [0.29, 0.717) is 10.5 Å². The van der Waals surface area contributed by atoms with Crippen LogP contribution in [0.3, 0.4) is 0 Å². The molecule has 0 bridgehead atoms. The second-order valence-corrected chi connectivity index (χ2v) is 5.66. The molecule has 9 nitrogen and oxygen atoms in total. The number of H-pyrrole nitrogens is 1. The maximum absolute atomic E-state index is 9.18. The number of hydrogen-bond acceptors (Lipinski definition) is 7. The summed E-state index contributed by atoms with van der Waals surface area (Å²) >= 11 is 5.91. The Morgan fingerprint density at radius 2 is 1.96 bits per heavy atom. The summed E-state index contributed by atoms with van der Waals surface area (Å²) in [5.41, 5.74) is 3.26. The molecule has 0 radical (unpaired) electrons. The molecule has 0 saturated carbocycles. The number of aromatic nitrogens is 7. The molecule has 0 saturated heterocycles. The van der Waals surface area contributed by atoms with Crippen LogP contribution in [-0.4, -0.2) is 35.6 Å². The Morgan fingerprint density at radius 3 is 2.69 bits per heavy atom. The van der Waals surface area contributed by atoms with Gasteiger partial charge in [-0.15, -0.1) is 20.4 Å². The van der Waals surface area contributed by atoms with Crippen LogP contribution in [-0.2, 0) is 0 Å². The van der Waals surface area contributed by atoms with Gasteiger partial charge in [0.25, 0.3) is 0 Å². The summed E-state index contributed by atoms with van der Waals surface area (Å²) in [6.07, 6.45) is 1.51. The lowest BCUT2D eigenvalue weighted by atomic mass is 10.2. The van der Waals surface area contributed by atoms with Crippen molar-refractivity contribution in [2.45, 2.75) is 0 Å². The van der Waals surface area contributed by atoms with Gasteiger partial charge in [0, 0.05) is 16.9 Å². The quantitative estimate of drug-likeness (QED) is 0.534. The predicted octanol–water partition coefficient (Wildman–Crippen LogP) is 2.56. The highest BCUT2D eigenvalue weighted by atomic mass is 35.5. The maximum atomic E-state index is 9.18. The van der Waals surface area contributed by atoms with Gasteiger partial charge in [-0.3, -0.25) is 0 Å². The van der Waals surface area contributed by atoms with Crippen molar-refractivity contribution < 1.29 is 0 Å². The topological polar surface area (TPSA) is 121 Å². The number of tetrazole rings is 1. The molecule has 2 aromatic carbocycles.